The summed E-state index contributed by atoms with van der Waals surface area (Å²) in [6, 6.07) is 0. The van der Waals surface area contributed by atoms with Crippen molar-refractivity contribution in [2.75, 3.05) is 0 Å². The first kappa shape index (κ1) is 18.8. The van der Waals surface area contributed by atoms with Gasteiger partial charge in [-0.3, -0.25) is 32.1 Å². The number of cyclic esters (lactones) is 2. The Kier molecular flexibility index (Phi) is 11.7. The topological polar surface area (TPSA) is 206 Å². The lowest BCUT2D eigenvalue weighted by Gasteiger charge is -1.89. The van der Waals surface area contributed by atoms with E-state index in [1.807, 2.05) is 0 Å². The Bertz CT molecular complexity index is 357. The zero-order chi connectivity index (χ0) is 15.3. The Morgan fingerprint density at radius 3 is 1.42 bits per heavy atom. The fourth-order valence-corrected chi connectivity index (χ4v) is 0.551. The quantitative estimate of drug-likeness (QED) is 0.0722. The number of carbonyl (C=O) groups excluding carboxylic acids is 4. The molecule has 2 amide bonds. The van der Waals surface area contributed by atoms with Gasteiger partial charge in [-0.15, -0.1) is 0 Å². The van der Waals surface area contributed by atoms with Crippen molar-refractivity contribution < 1.29 is 23.9 Å². The molecule has 0 atom stereocenters. The van der Waals surface area contributed by atoms with Gasteiger partial charge in [-0.25, -0.2) is 21.3 Å². The number of hydrazine groups is 3. The summed E-state index contributed by atoms with van der Waals surface area (Å²) in [4.78, 5) is 40.4. The van der Waals surface area contributed by atoms with E-state index in [4.69, 9.17) is 0 Å². The van der Waals surface area contributed by atoms with Crippen LogP contribution in [0.2, 0.25) is 0 Å². The van der Waals surface area contributed by atoms with Crippen molar-refractivity contribution in [3.63, 3.8) is 0 Å². The molecule has 10 N–H and O–H groups in total. The molecule has 11 nitrogen and oxygen atoms in total. The first-order valence-corrected chi connectivity index (χ1v) is 4.46. The fraction of sp³-hybridized carbons (Fsp3) is 0. The maximum Gasteiger partial charge on any atom is 0.338 e. The number of ether oxygens (including phenoxy) is 1. The van der Waals surface area contributed by atoms with Crippen LogP contribution in [-0.2, 0) is 23.9 Å². The van der Waals surface area contributed by atoms with Crippen LogP contribution in [0.1, 0.15) is 0 Å². The van der Waals surface area contributed by atoms with E-state index in [1.165, 1.54) is 0 Å². The maximum atomic E-state index is 10.3. The average molecular weight is 274 g/mol. The van der Waals surface area contributed by atoms with Crippen LogP contribution >= 0.6 is 0 Å². The second kappa shape index (κ2) is 11.9. The van der Waals surface area contributed by atoms with Crippen LogP contribution in [0.25, 0.3) is 0 Å². The van der Waals surface area contributed by atoms with Gasteiger partial charge in [0.1, 0.15) is 0 Å². The van der Waals surface area contributed by atoms with Crippen LogP contribution in [0.3, 0.4) is 0 Å². The molecule has 1 aliphatic rings. The van der Waals surface area contributed by atoms with E-state index in [1.54, 1.807) is 10.9 Å². The molecule has 0 radical (unpaired) electrons. The summed E-state index contributed by atoms with van der Waals surface area (Å²) in [5, 5.41) is 0. The van der Waals surface area contributed by atoms with Crippen LogP contribution < -0.4 is 34.2 Å². The van der Waals surface area contributed by atoms with Crippen molar-refractivity contribution in [3.05, 3.63) is 24.3 Å². The normalized spacial score (nSPS) is 11.8. The van der Waals surface area contributed by atoms with Crippen molar-refractivity contribution in [2.45, 2.75) is 0 Å². The highest BCUT2D eigenvalue weighted by Gasteiger charge is 2.10. The molecule has 0 unspecified atom stereocenters. The van der Waals surface area contributed by atoms with Gasteiger partial charge >= 0.3 is 11.9 Å². The minimum atomic E-state index is -0.579. The molecule has 0 aromatic carbocycles. The molecular formula is C8H14N6O5. The third-order valence-electron chi connectivity index (χ3n) is 1.23. The lowest BCUT2D eigenvalue weighted by atomic mass is 10.4. The van der Waals surface area contributed by atoms with Crippen LogP contribution in [0.5, 0.6) is 0 Å². The van der Waals surface area contributed by atoms with Crippen LogP contribution in [0.4, 0.5) is 0 Å². The summed E-state index contributed by atoms with van der Waals surface area (Å²) >= 11 is 0. The number of hydrogen-bond donors (Lipinski definition) is 6. The SMILES string of the molecule is NN.NNC(=O)/C=C\C(=O)NN.O=C1C=CC(=O)O1. The molecule has 0 saturated carbocycles. The molecule has 0 bridgehead atoms. The number of hydrogen-bond acceptors (Lipinski definition) is 9. The van der Waals surface area contributed by atoms with Gasteiger partial charge in [-0.05, 0) is 0 Å². The third kappa shape index (κ3) is 11.7. The second-order valence-electron chi connectivity index (χ2n) is 2.42. The Hall–Kier alpha value is -2.60. The Morgan fingerprint density at radius 2 is 1.26 bits per heavy atom. The van der Waals surface area contributed by atoms with E-state index in [2.05, 4.69) is 28.1 Å². The Labute approximate surface area is 107 Å². The average Bonchev–Trinajstić information content (AvgIpc) is 2.82. The maximum absolute atomic E-state index is 10.3. The highest BCUT2D eigenvalue weighted by atomic mass is 16.6. The molecule has 19 heavy (non-hydrogen) atoms. The van der Waals surface area contributed by atoms with E-state index in [9.17, 15) is 19.2 Å². The first-order valence-electron chi connectivity index (χ1n) is 4.46. The predicted octanol–water partition coefficient (Wildman–Crippen LogP) is -4.03. The van der Waals surface area contributed by atoms with E-state index in [0.29, 0.717) is 0 Å². The number of rotatable bonds is 2. The molecule has 1 rings (SSSR count). The van der Waals surface area contributed by atoms with Gasteiger partial charge in [0.2, 0.25) is 0 Å². The molecular weight excluding hydrogens is 260 g/mol. The molecule has 0 aromatic heterocycles. The Morgan fingerprint density at radius 1 is 0.947 bits per heavy atom. The van der Waals surface area contributed by atoms with Gasteiger partial charge < -0.3 is 4.74 Å². The summed E-state index contributed by atoms with van der Waals surface area (Å²) in [5.74, 6) is 15.1. The van der Waals surface area contributed by atoms with Gasteiger partial charge in [0.25, 0.3) is 11.8 Å². The monoisotopic (exact) mass is 274 g/mol. The highest BCUT2D eigenvalue weighted by Crippen LogP contribution is 1.92. The van der Waals surface area contributed by atoms with Crippen molar-refractivity contribution in [2.24, 2.45) is 23.4 Å². The molecule has 0 aromatic rings. The lowest BCUT2D eigenvalue weighted by molar-refractivity contribution is -0.150. The number of carbonyl (C=O) groups is 4. The number of nitrogens with two attached hydrogens (primary N) is 4. The van der Waals surface area contributed by atoms with Gasteiger partial charge in [-0.1, -0.05) is 0 Å². The van der Waals surface area contributed by atoms with Gasteiger partial charge in [-0.2, -0.15) is 0 Å². The number of esters is 2. The van der Waals surface area contributed by atoms with Crippen LogP contribution in [0, 0.1) is 0 Å². The van der Waals surface area contributed by atoms with Crippen LogP contribution in [0.15, 0.2) is 24.3 Å². The van der Waals surface area contributed by atoms with Gasteiger partial charge in [0, 0.05) is 24.3 Å². The molecule has 0 saturated heterocycles. The van der Waals surface area contributed by atoms with E-state index >= 15 is 0 Å². The smallest absolute Gasteiger partial charge is 0.338 e. The van der Waals surface area contributed by atoms with Crippen molar-refractivity contribution in [1.29, 1.82) is 0 Å². The summed E-state index contributed by atoms with van der Waals surface area (Å²) in [6.07, 6.45) is 4.09. The third-order valence-corrected chi connectivity index (χ3v) is 1.23. The Balaban J connectivity index is 0. The molecule has 11 heteroatoms. The minimum Gasteiger partial charge on any atom is -0.387 e. The lowest BCUT2D eigenvalue weighted by Crippen LogP contribution is -2.30. The van der Waals surface area contributed by atoms with Gasteiger partial charge in [0.15, 0.2) is 0 Å². The summed E-state index contributed by atoms with van der Waals surface area (Å²) in [6.45, 7) is 0. The van der Waals surface area contributed by atoms with E-state index < -0.39 is 23.8 Å². The fourth-order valence-electron chi connectivity index (χ4n) is 0.551. The summed E-state index contributed by atoms with van der Waals surface area (Å²) < 4.78 is 3.97. The standard InChI is InChI=1S/C4H8N4O2.C4H2O3.H4N2/c5-7-3(9)1-2-4(10)8-6;5-3-1-2-4(6)7-3;1-2/h1-2H,5-6H2,(H,7,9)(H,8,10);1-2H;1-2H2/b2-1-;;. The molecule has 0 aliphatic carbocycles. The first-order chi connectivity index (χ1) is 8.99. The summed E-state index contributed by atoms with van der Waals surface area (Å²) in [5.41, 5.74) is 3.60. The van der Waals surface area contributed by atoms with Gasteiger partial charge in [0.05, 0.1) is 0 Å². The molecule has 0 spiro atoms. The number of nitrogens with one attached hydrogen (secondary N) is 2. The minimum absolute atomic E-state index is 0.566. The second-order valence-corrected chi connectivity index (χ2v) is 2.42. The number of amides is 2. The van der Waals surface area contributed by atoms with Crippen LogP contribution in [-0.4, -0.2) is 23.8 Å². The zero-order valence-corrected chi connectivity index (χ0v) is 9.66. The largest absolute Gasteiger partial charge is 0.387 e. The highest BCUT2D eigenvalue weighted by molar-refractivity contribution is 6.04. The molecule has 1 heterocycles. The van der Waals surface area contributed by atoms with E-state index in [-0.39, 0.29) is 0 Å². The molecule has 0 fully saturated rings. The van der Waals surface area contributed by atoms with Crippen molar-refractivity contribution in [1.82, 2.24) is 10.9 Å². The summed E-state index contributed by atoms with van der Waals surface area (Å²) in [7, 11) is 0. The molecule has 106 valence electrons. The molecule has 1 aliphatic heterocycles. The van der Waals surface area contributed by atoms with Crippen molar-refractivity contribution >= 4 is 23.8 Å². The van der Waals surface area contributed by atoms with E-state index in [0.717, 1.165) is 24.3 Å². The zero-order valence-electron chi connectivity index (χ0n) is 9.66. The van der Waals surface area contributed by atoms with Crippen molar-refractivity contribution in [3.8, 4) is 0 Å². The predicted molar refractivity (Wildman–Crippen MR) is 62.4 cm³/mol.